The molecule has 2 aromatic rings. The first-order valence-electron chi connectivity index (χ1n) is 8.70. The fourth-order valence-corrected chi connectivity index (χ4v) is 5.25. The molecule has 0 unspecified atom stereocenters. The Morgan fingerprint density at radius 1 is 1.21 bits per heavy atom. The van der Waals surface area contributed by atoms with E-state index in [-0.39, 0.29) is 0 Å². The van der Waals surface area contributed by atoms with Gasteiger partial charge in [0.25, 0.3) is 5.91 Å². The van der Waals surface area contributed by atoms with Crippen molar-refractivity contribution in [1.82, 2.24) is 19.7 Å². The van der Waals surface area contributed by atoms with Gasteiger partial charge in [0.05, 0.1) is 11.1 Å². The minimum atomic E-state index is -3.55. The Balaban J connectivity index is 1.65. The topological polar surface area (TPSA) is 106 Å². The Kier molecular flexibility index (Phi) is 6.30. The first kappa shape index (κ1) is 20.7. The second-order valence-electron chi connectivity index (χ2n) is 6.72. The van der Waals surface area contributed by atoms with Crippen LogP contribution in [-0.4, -0.2) is 74.0 Å². The molecule has 0 aliphatic carbocycles. The summed E-state index contributed by atoms with van der Waals surface area (Å²) < 4.78 is 27.3. The van der Waals surface area contributed by atoms with E-state index in [0.29, 0.717) is 41.1 Å². The highest BCUT2D eigenvalue weighted by atomic mass is 32.2. The normalized spacial score (nSPS) is 15.8. The van der Waals surface area contributed by atoms with E-state index in [1.165, 1.54) is 10.5 Å². The first-order valence-corrected chi connectivity index (χ1v) is 11.0. The van der Waals surface area contributed by atoms with Crippen molar-refractivity contribution in [2.45, 2.75) is 11.4 Å². The fraction of sp³-hybridized carbons (Fsp3) is 0.412. The molecule has 9 nitrogen and oxygen atoms in total. The van der Waals surface area contributed by atoms with Crippen LogP contribution in [0.4, 0.5) is 5.13 Å². The monoisotopic (exact) mass is 425 g/mol. The lowest BCUT2D eigenvalue weighted by Crippen LogP contribution is -2.48. The molecule has 1 aliphatic heterocycles. The van der Waals surface area contributed by atoms with Crippen LogP contribution in [0.15, 0.2) is 35.4 Å². The zero-order valence-corrected chi connectivity index (χ0v) is 17.3. The molecule has 0 radical (unpaired) electrons. The average Bonchev–Trinajstić information content (AvgIpc) is 3.17. The number of carbonyl (C=O) groups excluding carboxylic acids is 1. The third kappa shape index (κ3) is 4.50. The lowest BCUT2D eigenvalue weighted by atomic mass is 10.2. The summed E-state index contributed by atoms with van der Waals surface area (Å²) in [6, 6.07) is 6.99. The highest BCUT2D eigenvalue weighted by Crippen LogP contribution is 2.25. The van der Waals surface area contributed by atoms with Gasteiger partial charge in [-0.15, -0.1) is 0 Å². The van der Waals surface area contributed by atoms with Crippen molar-refractivity contribution < 1.29 is 18.4 Å². The Morgan fingerprint density at radius 2 is 1.86 bits per heavy atom. The summed E-state index contributed by atoms with van der Waals surface area (Å²) in [6.07, 6.45) is 1.39. The Hall–Kier alpha value is -2.05. The number of hydroxylamine groups is 1. The molecule has 2 heterocycles. The van der Waals surface area contributed by atoms with E-state index in [0.717, 1.165) is 23.4 Å². The molecule has 1 amide bonds. The van der Waals surface area contributed by atoms with E-state index in [9.17, 15) is 13.2 Å². The van der Waals surface area contributed by atoms with Gasteiger partial charge in [0, 0.05) is 32.7 Å². The number of amides is 1. The first-order chi connectivity index (χ1) is 13.3. The van der Waals surface area contributed by atoms with Crippen LogP contribution in [0, 0.1) is 0 Å². The highest BCUT2D eigenvalue weighted by Gasteiger charge is 2.29. The second kappa shape index (κ2) is 8.53. The van der Waals surface area contributed by atoms with E-state index < -0.39 is 15.9 Å². The molecular weight excluding hydrogens is 402 g/mol. The van der Waals surface area contributed by atoms with Crippen LogP contribution in [0.5, 0.6) is 0 Å². The molecule has 0 atom stereocenters. The van der Waals surface area contributed by atoms with Gasteiger partial charge in [-0.25, -0.2) is 18.9 Å². The molecule has 1 aromatic carbocycles. The number of thiazole rings is 1. The van der Waals surface area contributed by atoms with Crippen molar-refractivity contribution in [1.29, 1.82) is 0 Å². The average molecular weight is 426 g/mol. The van der Waals surface area contributed by atoms with Crippen molar-refractivity contribution in [3.8, 4) is 0 Å². The molecule has 0 saturated carbocycles. The number of hydrogen-bond donors (Lipinski definition) is 2. The largest absolute Gasteiger partial charge is 0.345 e. The molecule has 11 heteroatoms. The third-order valence-electron chi connectivity index (χ3n) is 4.39. The van der Waals surface area contributed by atoms with Gasteiger partial charge < -0.3 is 9.80 Å². The number of piperazine rings is 1. The number of carbonyl (C=O) groups is 1. The van der Waals surface area contributed by atoms with Gasteiger partial charge >= 0.3 is 0 Å². The van der Waals surface area contributed by atoms with Crippen molar-refractivity contribution in [3.05, 3.63) is 40.9 Å². The van der Waals surface area contributed by atoms with Crippen molar-refractivity contribution in [3.63, 3.8) is 0 Å². The number of hydrogen-bond acceptors (Lipinski definition) is 8. The predicted octanol–water partition coefficient (Wildman–Crippen LogP) is 0.835. The van der Waals surface area contributed by atoms with Gasteiger partial charge in [-0.05, 0) is 31.8 Å². The molecule has 1 saturated heterocycles. The third-order valence-corrected chi connectivity index (χ3v) is 7.36. The zero-order valence-electron chi connectivity index (χ0n) is 15.7. The summed E-state index contributed by atoms with van der Waals surface area (Å²) in [4.78, 5) is 20.2. The lowest BCUT2D eigenvalue weighted by molar-refractivity contribution is 0.0710. The molecular formula is C17H23N5O4S2. The van der Waals surface area contributed by atoms with Crippen molar-refractivity contribution >= 4 is 32.4 Å². The van der Waals surface area contributed by atoms with Crippen LogP contribution in [-0.2, 0) is 16.6 Å². The molecule has 2 N–H and O–H groups in total. The Labute approximate surface area is 168 Å². The molecule has 28 heavy (non-hydrogen) atoms. The second-order valence-corrected chi connectivity index (χ2v) is 9.67. The minimum Gasteiger partial charge on any atom is -0.345 e. The van der Waals surface area contributed by atoms with Gasteiger partial charge in [-0.1, -0.05) is 23.5 Å². The zero-order chi connectivity index (χ0) is 20.3. The van der Waals surface area contributed by atoms with Crippen LogP contribution in [0.1, 0.15) is 15.2 Å². The highest BCUT2D eigenvalue weighted by molar-refractivity contribution is 7.89. The maximum absolute atomic E-state index is 12.9. The molecule has 1 aliphatic rings. The summed E-state index contributed by atoms with van der Waals surface area (Å²) in [5.41, 5.74) is 2.64. The number of anilines is 1. The van der Waals surface area contributed by atoms with Crippen molar-refractivity contribution in [2.24, 2.45) is 0 Å². The number of rotatable bonds is 6. The van der Waals surface area contributed by atoms with E-state index in [4.69, 9.17) is 5.21 Å². The number of nitrogens with zero attached hydrogens (tertiary/aromatic N) is 4. The molecule has 1 fully saturated rings. The molecule has 0 bridgehead atoms. The molecule has 1 aromatic heterocycles. The Bertz CT molecular complexity index is 919. The van der Waals surface area contributed by atoms with Gasteiger partial charge in [0.2, 0.25) is 10.0 Å². The van der Waals surface area contributed by atoms with Crippen molar-refractivity contribution in [2.75, 3.05) is 45.2 Å². The van der Waals surface area contributed by atoms with Gasteiger partial charge in [-0.3, -0.25) is 10.0 Å². The summed E-state index contributed by atoms with van der Waals surface area (Å²) in [5.74, 6) is -0.609. The van der Waals surface area contributed by atoms with E-state index in [2.05, 4.69) is 4.98 Å². The predicted molar refractivity (Wildman–Crippen MR) is 106 cm³/mol. The number of sulfonamides is 1. The lowest BCUT2D eigenvalue weighted by Gasteiger charge is -2.33. The Morgan fingerprint density at radius 3 is 2.43 bits per heavy atom. The van der Waals surface area contributed by atoms with E-state index in [1.54, 1.807) is 17.6 Å². The SMILES string of the molecule is CN(C)Cc1ccc(S(=O)(=O)N2CCN(c3ncc(C(=O)NO)s3)CC2)cc1. The summed E-state index contributed by atoms with van der Waals surface area (Å²) in [6.45, 7) is 2.38. The standard InChI is InChI=1S/C17H23N5O4S2/c1-20(2)12-13-3-5-14(6-4-13)28(25,26)22-9-7-21(8-10-22)17-18-11-15(27-17)16(23)19-24/h3-6,11,24H,7-10,12H2,1-2H3,(H,19,23). The van der Waals surface area contributed by atoms with Gasteiger partial charge in [-0.2, -0.15) is 4.31 Å². The van der Waals surface area contributed by atoms with Crippen LogP contribution in [0.2, 0.25) is 0 Å². The summed E-state index contributed by atoms with van der Waals surface area (Å²) in [5, 5.41) is 9.32. The van der Waals surface area contributed by atoms with Crippen LogP contribution in [0.3, 0.4) is 0 Å². The number of benzene rings is 1. The maximum Gasteiger partial charge on any atom is 0.286 e. The van der Waals surface area contributed by atoms with Gasteiger partial charge in [0.15, 0.2) is 5.13 Å². The minimum absolute atomic E-state index is 0.291. The molecule has 152 valence electrons. The van der Waals surface area contributed by atoms with E-state index in [1.807, 2.05) is 36.0 Å². The quantitative estimate of drug-likeness (QED) is 0.522. The number of nitrogens with one attached hydrogen (secondary N) is 1. The van der Waals surface area contributed by atoms with Crippen LogP contribution in [0.25, 0.3) is 0 Å². The smallest absolute Gasteiger partial charge is 0.286 e. The molecule has 3 rings (SSSR count). The van der Waals surface area contributed by atoms with Crippen LogP contribution >= 0.6 is 11.3 Å². The van der Waals surface area contributed by atoms with Gasteiger partial charge in [0.1, 0.15) is 4.88 Å². The van der Waals surface area contributed by atoms with Crippen LogP contribution < -0.4 is 10.4 Å². The fourth-order valence-electron chi connectivity index (χ4n) is 2.97. The maximum atomic E-state index is 12.9. The number of aromatic nitrogens is 1. The molecule has 0 spiro atoms. The van der Waals surface area contributed by atoms with E-state index >= 15 is 0 Å². The summed E-state index contributed by atoms with van der Waals surface area (Å²) in [7, 11) is 0.382. The summed E-state index contributed by atoms with van der Waals surface area (Å²) >= 11 is 1.15.